The average Bonchev–Trinajstić information content (AvgIpc) is 2.65. The van der Waals surface area contributed by atoms with Crippen molar-refractivity contribution >= 4 is 17.7 Å². The molecule has 0 bridgehead atoms. The molecular weight excluding hydrogens is 362 g/mol. The van der Waals surface area contributed by atoms with E-state index in [1.807, 2.05) is 31.7 Å². The molecule has 1 saturated carbocycles. The second kappa shape index (κ2) is 8.58. The number of aliphatic hydroxyl groups excluding tert-OH is 1. The highest BCUT2D eigenvalue weighted by Crippen LogP contribution is 2.48. The first-order chi connectivity index (χ1) is 12.9. The number of hydrogen-bond acceptors (Lipinski definition) is 5. The van der Waals surface area contributed by atoms with Crippen molar-refractivity contribution < 1.29 is 19.4 Å². The van der Waals surface area contributed by atoms with Crippen molar-refractivity contribution in [1.82, 2.24) is 5.32 Å². The Labute approximate surface area is 166 Å². The molecule has 0 aromatic heterocycles. The van der Waals surface area contributed by atoms with Crippen LogP contribution < -0.4 is 5.32 Å². The molecule has 152 valence electrons. The van der Waals surface area contributed by atoms with Crippen LogP contribution in [0.3, 0.4) is 0 Å². The molecule has 0 aromatic carbocycles. The third-order valence-corrected chi connectivity index (χ3v) is 7.83. The van der Waals surface area contributed by atoms with Gasteiger partial charge >= 0.3 is 0 Å². The van der Waals surface area contributed by atoms with Gasteiger partial charge in [0.05, 0.1) is 11.4 Å². The number of hydrogen-bond donors (Lipinski definition) is 2. The highest BCUT2D eigenvalue weighted by atomic mass is 32.2. The number of rotatable bonds is 7. The van der Waals surface area contributed by atoms with Crippen molar-refractivity contribution in [2.24, 2.45) is 5.41 Å². The molecule has 0 aromatic rings. The van der Waals surface area contributed by atoms with E-state index in [-0.39, 0.29) is 22.7 Å². The third kappa shape index (κ3) is 4.54. The van der Waals surface area contributed by atoms with Crippen molar-refractivity contribution in [3.8, 4) is 0 Å². The molecule has 1 saturated heterocycles. The Morgan fingerprint density at radius 1 is 1.37 bits per heavy atom. The zero-order valence-corrected chi connectivity index (χ0v) is 17.6. The molecule has 2 N–H and O–H groups in total. The molecule has 0 spiro atoms. The van der Waals surface area contributed by atoms with Gasteiger partial charge < -0.3 is 14.6 Å². The van der Waals surface area contributed by atoms with E-state index in [9.17, 15) is 9.90 Å². The maximum Gasteiger partial charge on any atom is 0.242 e. The maximum absolute atomic E-state index is 13.1. The van der Waals surface area contributed by atoms with E-state index >= 15 is 0 Å². The van der Waals surface area contributed by atoms with Crippen LogP contribution in [-0.4, -0.2) is 47.4 Å². The van der Waals surface area contributed by atoms with Crippen LogP contribution in [0.1, 0.15) is 59.3 Å². The summed E-state index contributed by atoms with van der Waals surface area (Å²) >= 11 is 1.84. The summed E-state index contributed by atoms with van der Waals surface area (Å²) in [5.41, 5.74) is 1.91. The summed E-state index contributed by atoms with van der Waals surface area (Å²) in [5.74, 6) is 0.588. The predicted octanol–water partition coefficient (Wildman–Crippen LogP) is 3.53. The first-order valence-electron chi connectivity index (χ1n) is 10.1. The van der Waals surface area contributed by atoms with Gasteiger partial charge in [-0.3, -0.25) is 10.1 Å². The van der Waals surface area contributed by atoms with Gasteiger partial charge in [0.2, 0.25) is 5.91 Å². The number of carbonyl (C=O) groups excluding carboxylic acids is 1. The standard InChI is InChI=1S/C21H33NO4S/c1-4-15-13-26-18(12-17(15)20(2,3)14-23)22-19(24)21(8-5-9-21)27-16-6-10-25-11-7-16/h12,16,23H,4-11,13-14H2,1-3H3,(H,22,24). The van der Waals surface area contributed by atoms with E-state index in [1.165, 1.54) is 5.57 Å². The summed E-state index contributed by atoms with van der Waals surface area (Å²) in [6.07, 6.45) is 7.80. The van der Waals surface area contributed by atoms with Crippen molar-refractivity contribution in [2.75, 3.05) is 26.4 Å². The number of allylic oxidation sites excluding steroid dienone is 1. The number of carbonyl (C=O) groups is 1. The first-order valence-corrected chi connectivity index (χ1v) is 11.0. The summed E-state index contributed by atoms with van der Waals surface area (Å²) in [5, 5.41) is 13.3. The molecule has 1 aliphatic carbocycles. The van der Waals surface area contributed by atoms with Gasteiger partial charge in [-0.25, -0.2) is 0 Å². The quantitative estimate of drug-likeness (QED) is 0.690. The monoisotopic (exact) mass is 395 g/mol. The fraction of sp³-hybridized carbons (Fsp3) is 0.762. The second-order valence-corrected chi connectivity index (χ2v) is 10.1. The Hall–Kier alpha value is -0.980. The lowest BCUT2D eigenvalue weighted by molar-refractivity contribution is -0.125. The summed E-state index contributed by atoms with van der Waals surface area (Å²) < 4.78 is 11.0. The van der Waals surface area contributed by atoms with Gasteiger partial charge in [0.25, 0.3) is 0 Å². The van der Waals surface area contributed by atoms with Crippen LogP contribution in [-0.2, 0) is 14.3 Å². The smallest absolute Gasteiger partial charge is 0.242 e. The molecule has 2 fully saturated rings. The minimum absolute atomic E-state index is 0.0626. The molecule has 0 unspecified atom stereocenters. The van der Waals surface area contributed by atoms with Gasteiger partial charge in [0.15, 0.2) is 5.88 Å². The van der Waals surface area contributed by atoms with Crippen LogP contribution >= 0.6 is 11.8 Å². The molecule has 0 atom stereocenters. The molecule has 3 rings (SSSR count). The van der Waals surface area contributed by atoms with E-state index in [1.54, 1.807) is 0 Å². The van der Waals surface area contributed by atoms with Gasteiger partial charge in [-0.2, -0.15) is 0 Å². The van der Waals surface area contributed by atoms with Crippen LogP contribution in [0.2, 0.25) is 0 Å². The van der Waals surface area contributed by atoms with E-state index in [0.717, 1.165) is 57.3 Å². The summed E-state index contributed by atoms with van der Waals surface area (Å²) in [6, 6.07) is 0. The Kier molecular flexibility index (Phi) is 6.59. The maximum atomic E-state index is 13.1. The molecule has 27 heavy (non-hydrogen) atoms. The fourth-order valence-corrected chi connectivity index (χ4v) is 5.62. The zero-order valence-electron chi connectivity index (χ0n) is 16.8. The van der Waals surface area contributed by atoms with Crippen LogP contribution in [0.25, 0.3) is 0 Å². The summed E-state index contributed by atoms with van der Waals surface area (Å²) in [6.45, 7) is 8.27. The normalized spacial score (nSPS) is 23.3. The van der Waals surface area contributed by atoms with Gasteiger partial charge in [0.1, 0.15) is 6.61 Å². The van der Waals surface area contributed by atoms with Crippen molar-refractivity contribution in [3.63, 3.8) is 0 Å². The zero-order chi connectivity index (χ0) is 19.5. The minimum Gasteiger partial charge on any atom is -0.474 e. The van der Waals surface area contributed by atoms with Crippen molar-refractivity contribution in [2.45, 2.75) is 69.3 Å². The highest BCUT2D eigenvalue weighted by molar-refractivity contribution is 8.02. The Bertz CT molecular complexity index is 616. The van der Waals surface area contributed by atoms with Crippen LogP contribution in [0.5, 0.6) is 0 Å². The molecule has 2 aliphatic heterocycles. The number of amides is 1. The Morgan fingerprint density at radius 2 is 2.07 bits per heavy atom. The first kappa shape index (κ1) is 20.7. The molecule has 0 radical (unpaired) electrons. The van der Waals surface area contributed by atoms with Gasteiger partial charge in [0, 0.05) is 30.0 Å². The highest BCUT2D eigenvalue weighted by Gasteiger charge is 2.47. The van der Waals surface area contributed by atoms with Crippen LogP contribution in [0, 0.1) is 5.41 Å². The topological polar surface area (TPSA) is 67.8 Å². The summed E-state index contributed by atoms with van der Waals surface area (Å²) in [7, 11) is 0. The van der Waals surface area contributed by atoms with Crippen molar-refractivity contribution in [3.05, 3.63) is 23.1 Å². The van der Waals surface area contributed by atoms with E-state index in [4.69, 9.17) is 9.47 Å². The largest absolute Gasteiger partial charge is 0.474 e. The predicted molar refractivity (Wildman–Crippen MR) is 108 cm³/mol. The number of aliphatic hydroxyl groups is 1. The lowest BCUT2D eigenvalue weighted by atomic mass is 9.80. The number of thioether (sulfide) groups is 1. The van der Waals surface area contributed by atoms with Crippen LogP contribution in [0.15, 0.2) is 23.1 Å². The van der Waals surface area contributed by atoms with Crippen LogP contribution in [0.4, 0.5) is 0 Å². The second-order valence-electron chi connectivity index (χ2n) is 8.44. The Morgan fingerprint density at radius 3 is 2.63 bits per heavy atom. The SMILES string of the molecule is CCC1=C(C(C)(C)CO)C=C(NC(=O)C2(SC3CCOCC3)CCC2)OC1. The van der Waals surface area contributed by atoms with Gasteiger partial charge in [-0.15, -0.1) is 11.8 Å². The minimum atomic E-state index is -0.351. The average molecular weight is 396 g/mol. The summed E-state index contributed by atoms with van der Waals surface area (Å²) in [4.78, 5) is 13.1. The van der Waals surface area contributed by atoms with Crippen molar-refractivity contribution in [1.29, 1.82) is 0 Å². The molecule has 6 heteroatoms. The van der Waals surface area contributed by atoms with E-state index < -0.39 is 0 Å². The lowest BCUT2D eigenvalue weighted by Gasteiger charge is -2.42. The Balaban J connectivity index is 1.71. The third-order valence-electron chi connectivity index (χ3n) is 5.98. The van der Waals surface area contributed by atoms with Gasteiger partial charge in [-0.05, 0) is 49.7 Å². The number of nitrogens with one attached hydrogen (secondary N) is 1. The molecule has 5 nitrogen and oxygen atoms in total. The number of ether oxygens (including phenoxy) is 2. The molecule has 2 heterocycles. The molecule has 3 aliphatic rings. The fourth-order valence-electron chi connectivity index (χ4n) is 3.88. The lowest BCUT2D eigenvalue weighted by Crippen LogP contribution is -2.50. The van der Waals surface area contributed by atoms with Gasteiger partial charge in [-0.1, -0.05) is 20.8 Å². The molecular formula is C21H33NO4S. The van der Waals surface area contributed by atoms with E-state index in [0.29, 0.717) is 17.7 Å². The molecule has 1 amide bonds. The van der Waals surface area contributed by atoms with E-state index in [2.05, 4.69) is 12.2 Å².